The fraction of sp³-hybridized carbons (Fsp3) is 0.647. The third-order valence-corrected chi connectivity index (χ3v) is 5.70. The van der Waals surface area contributed by atoms with Gasteiger partial charge in [0.15, 0.2) is 0 Å². The first-order valence-electron chi connectivity index (χ1n) is 8.08. The lowest BCUT2D eigenvalue weighted by atomic mass is 9.95. The number of hydrogen-bond donors (Lipinski definition) is 0. The van der Waals surface area contributed by atoms with E-state index in [-0.39, 0.29) is 0 Å². The molecule has 4 heteroatoms. The molecule has 0 aromatic heterocycles. The minimum absolute atomic E-state index is 0.842. The summed E-state index contributed by atoms with van der Waals surface area (Å²) in [6.07, 6.45) is 5.42. The summed E-state index contributed by atoms with van der Waals surface area (Å²) in [5, 5.41) is 1.74. The van der Waals surface area contributed by atoms with Crippen molar-refractivity contribution in [3.8, 4) is 0 Å². The van der Waals surface area contributed by atoms with Crippen LogP contribution in [0.25, 0.3) is 0 Å². The van der Waals surface area contributed by atoms with Crippen LogP contribution >= 0.6 is 27.5 Å². The Hall–Kier alpha value is -0.250. The van der Waals surface area contributed by atoms with Gasteiger partial charge in [0.2, 0.25) is 0 Å². The summed E-state index contributed by atoms with van der Waals surface area (Å²) in [5.74, 6) is 0.881. The smallest absolute Gasteiger partial charge is 0.0426 e. The van der Waals surface area contributed by atoms with Crippen molar-refractivity contribution in [3.05, 3.63) is 28.8 Å². The molecule has 0 bridgehead atoms. The van der Waals surface area contributed by atoms with Gasteiger partial charge in [0.1, 0.15) is 0 Å². The Bertz CT molecular complexity index is 466. The maximum Gasteiger partial charge on any atom is 0.0426 e. The summed E-state index contributed by atoms with van der Waals surface area (Å²) in [5.41, 5.74) is 2.66. The highest BCUT2D eigenvalue weighted by atomic mass is 79.9. The molecule has 0 atom stereocenters. The quantitative estimate of drug-likeness (QED) is 0.717. The lowest BCUT2D eigenvalue weighted by Gasteiger charge is -2.36. The molecule has 0 aliphatic carbocycles. The van der Waals surface area contributed by atoms with E-state index < -0.39 is 0 Å². The molecule has 1 aromatic carbocycles. The Morgan fingerprint density at radius 3 is 2.48 bits per heavy atom. The van der Waals surface area contributed by atoms with Crippen LogP contribution in [0.3, 0.4) is 0 Å². The van der Waals surface area contributed by atoms with E-state index in [2.05, 4.69) is 37.9 Å². The van der Waals surface area contributed by atoms with Gasteiger partial charge in [-0.05, 0) is 62.4 Å². The van der Waals surface area contributed by atoms with Crippen molar-refractivity contribution in [1.29, 1.82) is 0 Å². The normalized spacial score (nSPS) is 21.1. The lowest BCUT2D eigenvalue weighted by molar-refractivity contribution is 0.249. The molecule has 0 unspecified atom stereocenters. The second-order valence-electron chi connectivity index (χ2n) is 6.34. The Morgan fingerprint density at radius 1 is 1.10 bits per heavy atom. The van der Waals surface area contributed by atoms with Gasteiger partial charge in [-0.25, -0.2) is 0 Å². The van der Waals surface area contributed by atoms with Crippen molar-refractivity contribution in [2.45, 2.75) is 31.0 Å². The summed E-state index contributed by atoms with van der Waals surface area (Å²) in [6, 6.07) is 6.25. The van der Waals surface area contributed by atoms with Crippen molar-refractivity contribution in [2.75, 3.05) is 37.6 Å². The van der Waals surface area contributed by atoms with Gasteiger partial charge in [-0.15, -0.1) is 0 Å². The first-order chi connectivity index (χ1) is 10.3. The second kappa shape index (κ2) is 7.34. The molecular formula is C17H24BrClN2. The van der Waals surface area contributed by atoms with Crippen LogP contribution in [0.5, 0.6) is 0 Å². The third kappa shape index (κ3) is 3.94. The van der Waals surface area contributed by atoms with E-state index in [0.29, 0.717) is 0 Å². The number of hydrogen-bond acceptors (Lipinski definition) is 2. The molecule has 0 amide bonds. The number of nitrogens with zero attached hydrogens (tertiary/aromatic N) is 2. The molecule has 2 aliphatic rings. The van der Waals surface area contributed by atoms with Crippen LogP contribution in [-0.2, 0) is 5.33 Å². The summed E-state index contributed by atoms with van der Waals surface area (Å²) >= 11 is 9.78. The average Bonchev–Trinajstić information content (AvgIpc) is 3.01. The molecule has 0 spiro atoms. The molecule has 2 saturated heterocycles. The molecule has 0 saturated carbocycles. The number of anilines is 1. The van der Waals surface area contributed by atoms with Gasteiger partial charge in [-0.1, -0.05) is 33.6 Å². The van der Waals surface area contributed by atoms with Gasteiger partial charge in [-0.3, -0.25) is 0 Å². The van der Waals surface area contributed by atoms with Gasteiger partial charge in [-0.2, -0.15) is 0 Å². The molecule has 2 aliphatic heterocycles. The van der Waals surface area contributed by atoms with Crippen LogP contribution in [0, 0.1) is 5.92 Å². The number of alkyl halides is 1. The Kier molecular flexibility index (Phi) is 5.47. The molecule has 2 heterocycles. The van der Waals surface area contributed by atoms with Crippen LogP contribution in [0.1, 0.15) is 31.2 Å². The monoisotopic (exact) mass is 370 g/mol. The van der Waals surface area contributed by atoms with Crippen LogP contribution < -0.4 is 4.90 Å². The fourth-order valence-corrected chi connectivity index (χ4v) is 4.27. The van der Waals surface area contributed by atoms with Gasteiger partial charge >= 0.3 is 0 Å². The van der Waals surface area contributed by atoms with Crippen LogP contribution in [-0.4, -0.2) is 37.6 Å². The fourth-order valence-electron chi connectivity index (χ4n) is 3.63. The van der Waals surface area contributed by atoms with Crippen molar-refractivity contribution in [2.24, 2.45) is 5.92 Å². The molecule has 21 heavy (non-hydrogen) atoms. The Morgan fingerprint density at radius 2 is 1.81 bits per heavy atom. The van der Waals surface area contributed by atoms with Crippen molar-refractivity contribution < 1.29 is 0 Å². The lowest BCUT2D eigenvalue weighted by Crippen LogP contribution is -2.38. The molecule has 2 fully saturated rings. The van der Waals surface area contributed by atoms with Crippen molar-refractivity contribution in [3.63, 3.8) is 0 Å². The zero-order valence-electron chi connectivity index (χ0n) is 12.5. The van der Waals surface area contributed by atoms with E-state index in [1.807, 2.05) is 6.07 Å². The Balaban J connectivity index is 1.59. The number of likely N-dealkylation sites (tertiary alicyclic amines) is 1. The first-order valence-corrected chi connectivity index (χ1v) is 9.58. The SMILES string of the molecule is Clc1ccc(CBr)c(N2CCC(CN3CCCC3)CC2)c1. The van der Waals surface area contributed by atoms with Crippen LogP contribution in [0.15, 0.2) is 18.2 Å². The number of benzene rings is 1. The molecule has 1 aromatic rings. The molecular weight excluding hydrogens is 348 g/mol. The molecule has 3 rings (SSSR count). The van der Waals surface area contributed by atoms with E-state index in [0.717, 1.165) is 16.3 Å². The van der Waals surface area contributed by atoms with E-state index in [1.54, 1.807) is 0 Å². The highest BCUT2D eigenvalue weighted by Gasteiger charge is 2.23. The van der Waals surface area contributed by atoms with E-state index >= 15 is 0 Å². The first kappa shape index (κ1) is 15.6. The van der Waals surface area contributed by atoms with Gasteiger partial charge in [0.25, 0.3) is 0 Å². The van der Waals surface area contributed by atoms with Crippen molar-refractivity contribution >= 4 is 33.2 Å². The minimum atomic E-state index is 0.842. The topological polar surface area (TPSA) is 6.48 Å². The molecule has 116 valence electrons. The van der Waals surface area contributed by atoms with Crippen LogP contribution in [0.2, 0.25) is 5.02 Å². The summed E-state index contributed by atoms with van der Waals surface area (Å²) < 4.78 is 0. The summed E-state index contributed by atoms with van der Waals surface area (Å²) in [7, 11) is 0. The average molecular weight is 372 g/mol. The number of halogens is 2. The maximum atomic E-state index is 6.19. The van der Waals surface area contributed by atoms with Gasteiger partial charge in [0.05, 0.1) is 0 Å². The summed E-state index contributed by atoms with van der Waals surface area (Å²) in [4.78, 5) is 5.17. The highest BCUT2D eigenvalue weighted by Crippen LogP contribution is 2.30. The van der Waals surface area contributed by atoms with Crippen molar-refractivity contribution in [1.82, 2.24) is 4.90 Å². The zero-order chi connectivity index (χ0) is 14.7. The highest BCUT2D eigenvalue weighted by molar-refractivity contribution is 9.08. The van der Waals surface area contributed by atoms with E-state index in [1.165, 1.54) is 69.7 Å². The zero-order valence-corrected chi connectivity index (χ0v) is 14.9. The summed E-state index contributed by atoms with van der Waals surface area (Å²) in [6.45, 7) is 6.29. The second-order valence-corrected chi connectivity index (χ2v) is 7.34. The largest absolute Gasteiger partial charge is 0.371 e. The van der Waals surface area contributed by atoms with Gasteiger partial charge in [0, 0.05) is 35.7 Å². The maximum absolute atomic E-state index is 6.19. The number of rotatable bonds is 4. The third-order valence-electron chi connectivity index (χ3n) is 4.86. The molecule has 0 radical (unpaired) electrons. The predicted octanol–water partition coefficient (Wildman–Crippen LogP) is 4.55. The molecule has 2 nitrogen and oxygen atoms in total. The van der Waals surface area contributed by atoms with Gasteiger partial charge < -0.3 is 9.80 Å². The van der Waals surface area contributed by atoms with Crippen LogP contribution in [0.4, 0.5) is 5.69 Å². The minimum Gasteiger partial charge on any atom is -0.371 e. The molecule has 0 N–H and O–H groups in total. The van der Waals surface area contributed by atoms with E-state index in [9.17, 15) is 0 Å². The standard InChI is InChI=1S/C17H24BrClN2/c18-12-15-3-4-16(19)11-17(15)21-9-5-14(6-10-21)13-20-7-1-2-8-20/h3-4,11,14H,1-2,5-10,12-13H2. The Labute approximate surface area is 141 Å². The number of piperidine rings is 1. The predicted molar refractivity (Wildman–Crippen MR) is 94.7 cm³/mol. The van der Waals surface area contributed by atoms with E-state index in [4.69, 9.17) is 11.6 Å².